The first-order valence-corrected chi connectivity index (χ1v) is 11.9. The Hall–Kier alpha value is -4.96. The highest BCUT2D eigenvalue weighted by Crippen LogP contribution is 2.29. The standard InChI is InChI=1S/C32H20N4/c1-3-13-27-25(11-1)21-7-5-9-23(19-21)30-32(36-18-16-34-30)28-14-4-2-12-26(28)22-8-6-10-24(20-22)29-31(27)35-17-15-33-29/h1-20H. The molecule has 36 heavy (non-hydrogen) atoms. The van der Waals surface area contributed by atoms with E-state index in [1.165, 1.54) is 0 Å². The van der Waals surface area contributed by atoms with Crippen LogP contribution in [0.25, 0.3) is 65.2 Å². The monoisotopic (exact) mass is 460 g/mol. The van der Waals surface area contributed by atoms with Crippen LogP contribution < -0.4 is 0 Å². The Morgan fingerprint density at radius 1 is 0.306 bits per heavy atom. The van der Waals surface area contributed by atoms with E-state index in [2.05, 4.69) is 97.1 Å². The largest absolute Gasteiger partial charge is 0.252 e. The van der Waals surface area contributed by atoms with Gasteiger partial charge in [-0.3, -0.25) is 19.9 Å². The third kappa shape index (κ3) is 3.31. The number of hydrogen-bond acceptors (Lipinski definition) is 4. The summed E-state index contributed by atoms with van der Waals surface area (Å²) in [6.45, 7) is 0. The van der Waals surface area contributed by atoms with Gasteiger partial charge in [0.2, 0.25) is 0 Å². The van der Waals surface area contributed by atoms with Crippen molar-refractivity contribution in [1.82, 2.24) is 19.9 Å². The predicted octanol–water partition coefficient (Wildman–Crippen LogP) is 7.87. The van der Waals surface area contributed by atoms with Crippen LogP contribution in [0, 0.1) is 0 Å². The van der Waals surface area contributed by atoms with Crippen LogP contribution in [0.5, 0.6) is 0 Å². The zero-order chi connectivity index (χ0) is 23.9. The molecule has 2 heterocycles. The summed E-state index contributed by atoms with van der Waals surface area (Å²) >= 11 is 0. The molecule has 0 aliphatic carbocycles. The minimum atomic E-state index is 0.859. The maximum atomic E-state index is 4.82. The third-order valence-electron chi connectivity index (χ3n) is 6.65. The summed E-state index contributed by atoms with van der Waals surface area (Å²) in [5.41, 5.74) is 3.44. The highest BCUT2D eigenvalue weighted by atomic mass is 14.8. The molecule has 0 saturated heterocycles. The molecule has 0 amide bonds. The van der Waals surface area contributed by atoms with E-state index < -0.39 is 0 Å². The van der Waals surface area contributed by atoms with Crippen molar-refractivity contribution in [2.45, 2.75) is 0 Å². The molecule has 4 heteroatoms. The fourth-order valence-corrected chi connectivity index (χ4v) is 5.04. The molecule has 0 spiro atoms. The first-order valence-electron chi connectivity index (χ1n) is 11.9. The molecule has 4 nitrogen and oxygen atoms in total. The highest BCUT2D eigenvalue weighted by Gasteiger charge is 2.06. The molecular weight excluding hydrogens is 440 g/mol. The third-order valence-corrected chi connectivity index (χ3v) is 6.65. The molecule has 0 aliphatic heterocycles. The van der Waals surface area contributed by atoms with Crippen molar-refractivity contribution in [2.75, 3.05) is 0 Å². The maximum absolute atomic E-state index is 4.82. The highest BCUT2D eigenvalue weighted by molar-refractivity contribution is 6.15. The molecule has 0 N–H and O–H groups in total. The van der Waals surface area contributed by atoms with Crippen molar-refractivity contribution >= 4 is 65.2 Å². The van der Waals surface area contributed by atoms with E-state index >= 15 is 0 Å². The summed E-state index contributed by atoms with van der Waals surface area (Å²) in [4.78, 5) is 19.2. The summed E-state index contributed by atoms with van der Waals surface area (Å²) in [7, 11) is 0. The Labute approximate surface area is 206 Å². The average Bonchev–Trinajstić information content (AvgIpc) is 2.97. The van der Waals surface area contributed by atoms with Gasteiger partial charge in [0.15, 0.2) is 0 Å². The van der Waals surface area contributed by atoms with Gasteiger partial charge in [0, 0.05) is 46.3 Å². The fraction of sp³-hybridized carbons (Fsp3) is 0. The lowest BCUT2D eigenvalue weighted by Gasteiger charge is -2.05. The van der Waals surface area contributed by atoms with E-state index in [0.29, 0.717) is 0 Å². The van der Waals surface area contributed by atoms with E-state index in [9.17, 15) is 0 Å². The number of benzene rings is 4. The van der Waals surface area contributed by atoms with E-state index in [4.69, 9.17) is 19.9 Å². The van der Waals surface area contributed by atoms with Crippen LogP contribution in [0.1, 0.15) is 0 Å². The summed E-state index contributed by atoms with van der Waals surface area (Å²) in [5.74, 6) is 0. The van der Waals surface area contributed by atoms with Gasteiger partial charge in [0.1, 0.15) is 0 Å². The summed E-state index contributed by atoms with van der Waals surface area (Å²) in [6.07, 6.45) is 7.05. The number of nitrogens with zero attached hydrogens (tertiary/aromatic N) is 4. The molecule has 0 atom stereocenters. The average molecular weight is 461 g/mol. The number of fused-ring (bicyclic) bond motifs is 14. The molecule has 4 bridgehead atoms. The number of hydrogen-bond donors (Lipinski definition) is 0. The Balaban J connectivity index is 1.89. The lowest BCUT2D eigenvalue weighted by molar-refractivity contribution is 1.31. The molecule has 0 unspecified atom stereocenters. The SMILES string of the molecule is c1cc2cc(c1)c1nccnc1c1ccccc1c1cccc(c1)c1nccnc1c1ccccc21. The van der Waals surface area contributed by atoms with Gasteiger partial charge in [-0.25, -0.2) is 0 Å². The zero-order valence-corrected chi connectivity index (χ0v) is 19.3. The zero-order valence-electron chi connectivity index (χ0n) is 19.3. The van der Waals surface area contributed by atoms with Crippen LogP contribution in [-0.2, 0) is 0 Å². The smallest absolute Gasteiger partial charge is 0.0971 e. The molecule has 0 radical (unpaired) electrons. The lowest BCUT2D eigenvalue weighted by atomic mass is 10.0. The molecule has 7 aromatic rings. The van der Waals surface area contributed by atoms with Gasteiger partial charge in [-0.15, -0.1) is 0 Å². The summed E-state index contributed by atoms with van der Waals surface area (Å²) < 4.78 is 0. The molecule has 2 aromatic heterocycles. The second-order valence-electron chi connectivity index (χ2n) is 8.76. The van der Waals surface area contributed by atoms with Crippen molar-refractivity contribution in [3.8, 4) is 0 Å². The second kappa shape index (κ2) is 8.36. The molecular formula is C32H20N4. The van der Waals surface area contributed by atoms with E-state index in [0.717, 1.165) is 65.2 Å². The van der Waals surface area contributed by atoms with Gasteiger partial charge in [-0.1, -0.05) is 84.9 Å². The number of aromatic nitrogens is 4. The van der Waals surface area contributed by atoms with Crippen LogP contribution in [0.4, 0.5) is 0 Å². The summed E-state index contributed by atoms with van der Waals surface area (Å²) in [5, 5.41) is 8.50. The van der Waals surface area contributed by atoms with Crippen molar-refractivity contribution in [1.29, 1.82) is 0 Å². The van der Waals surface area contributed by atoms with E-state index in [1.54, 1.807) is 24.8 Å². The molecule has 5 aromatic carbocycles. The van der Waals surface area contributed by atoms with Crippen LogP contribution >= 0.6 is 0 Å². The van der Waals surface area contributed by atoms with Crippen molar-refractivity contribution in [3.05, 3.63) is 122 Å². The van der Waals surface area contributed by atoms with Gasteiger partial charge < -0.3 is 0 Å². The van der Waals surface area contributed by atoms with E-state index in [1.807, 2.05) is 0 Å². The van der Waals surface area contributed by atoms with Gasteiger partial charge in [-0.2, -0.15) is 0 Å². The van der Waals surface area contributed by atoms with Gasteiger partial charge >= 0.3 is 0 Å². The minimum Gasteiger partial charge on any atom is -0.252 e. The topological polar surface area (TPSA) is 51.6 Å². The van der Waals surface area contributed by atoms with Gasteiger partial charge in [0.25, 0.3) is 0 Å². The maximum Gasteiger partial charge on any atom is 0.0971 e. The fourth-order valence-electron chi connectivity index (χ4n) is 5.04. The van der Waals surface area contributed by atoms with Crippen LogP contribution in [0.15, 0.2) is 122 Å². The Morgan fingerprint density at radius 3 is 1.11 bits per heavy atom. The Bertz CT molecular complexity index is 1770. The first kappa shape index (κ1) is 20.4. The predicted molar refractivity (Wildman–Crippen MR) is 149 cm³/mol. The van der Waals surface area contributed by atoms with Crippen molar-refractivity contribution < 1.29 is 0 Å². The first-order chi connectivity index (χ1) is 17.9. The molecule has 7 rings (SSSR count). The normalized spacial score (nSPS) is 11.3. The van der Waals surface area contributed by atoms with Crippen molar-refractivity contribution in [2.24, 2.45) is 0 Å². The van der Waals surface area contributed by atoms with Gasteiger partial charge in [0.05, 0.1) is 22.1 Å². The Kier molecular flexibility index (Phi) is 4.74. The van der Waals surface area contributed by atoms with Gasteiger partial charge in [-0.05, 0) is 33.7 Å². The number of rotatable bonds is 0. The molecule has 0 fully saturated rings. The molecule has 0 aliphatic rings. The quantitative estimate of drug-likeness (QED) is 0.231. The molecule has 168 valence electrons. The lowest BCUT2D eigenvalue weighted by Crippen LogP contribution is -1.85. The Morgan fingerprint density at radius 2 is 0.667 bits per heavy atom. The van der Waals surface area contributed by atoms with Crippen LogP contribution in [0.2, 0.25) is 0 Å². The summed E-state index contributed by atoms with van der Waals surface area (Å²) in [6, 6.07) is 33.8. The van der Waals surface area contributed by atoms with Crippen molar-refractivity contribution in [3.63, 3.8) is 0 Å². The molecule has 0 saturated carbocycles. The van der Waals surface area contributed by atoms with Crippen LogP contribution in [0.3, 0.4) is 0 Å². The van der Waals surface area contributed by atoms with Crippen LogP contribution in [-0.4, -0.2) is 19.9 Å². The minimum absolute atomic E-state index is 0.859. The second-order valence-corrected chi connectivity index (χ2v) is 8.76. The van der Waals surface area contributed by atoms with E-state index in [-0.39, 0.29) is 0 Å².